The number of aliphatic carboxylic acids is 1. The summed E-state index contributed by atoms with van der Waals surface area (Å²) in [5.74, 6) is -1.41. The Kier molecular flexibility index (Phi) is 6.50. The molecule has 0 saturated carbocycles. The smallest absolute Gasteiger partial charge is 0.352 e. The van der Waals surface area contributed by atoms with Gasteiger partial charge in [-0.2, -0.15) is 0 Å². The molecule has 1 saturated heterocycles. The van der Waals surface area contributed by atoms with Gasteiger partial charge in [0.05, 0.1) is 15.0 Å². The van der Waals surface area contributed by atoms with Gasteiger partial charge in [0.15, 0.2) is 0 Å². The number of rotatable bonds is 8. The molecule has 2 aromatic rings. The van der Waals surface area contributed by atoms with Crippen LogP contribution in [0.3, 0.4) is 0 Å². The molecule has 0 aromatic carbocycles. The predicted molar refractivity (Wildman–Crippen MR) is 115 cm³/mol. The zero-order valence-electron chi connectivity index (χ0n) is 16.0. The zero-order chi connectivity index (χ0) is 22.1. The lowest BCUT2D eigenvalue weighted by Gasteiger charge is -2.49. The summed E-state index contributed by atoms with van der Waals surface area (Å²) in [7, 11) is -1.49. The minimum absolute atomic E-state index is 0.0786. The summed E-state index contributed by atoms with van der Waals surface area (Å²) in [6.07, 6.45) is 0. The van der Waals surface area contributed by atoms with Crippen LogP contribution in [-0.2, 0) is 25.2 Å². The summed E-state index contributed by atoms with van der Waals surface area (Å²) in [5.41, 5.74) is 0.483. The topological polar surface area (TPSA) is 143 Å². The van der Waals surface area contributed by atoms with Crippen molar-refractivity contribution >= 4 is 63.4 Å². The van der Waals surface area contributed by atoms with Crippen LogP contribution in [0, 0.1) is 6.92 Å². The summed E-state index contributed by atoms with van der Waals surface area (Å²) in [5, 5.41) is 21.5. The molecule has 4 heterocycles. The molecule has 0 radical (unpaired) electrons. The first-order valence-corrected chi connectivity index (χ1v) is 13.1. The van der Waals surface area contributed by atoms with Crippen LogP contribution >= 0.6 is 34.9 Å². The van der Waals surface area contributed by atoms with Crippen LogP contribution in [0.25, 0.3) is 0 Å². The molecule has 1 fully saturated rings. The van der Waals surface area contributed by atoms with Crippen LogP contribution in [0.4, 0.5) is 0 Å². The second kappa shape index (κ2) is 9.14. The number of nitrogens with one attached hydrogen (secondary N) is 1. The van der Waals surface area contributed by atoms with E-state index in [9.17, 15) is 23.7 Å². The average Bonchev–Trinajstić information content (AvgIpc) is 3.41. The number of nitrogens with zero attached hydrogens (tertiary/aromatic N) is 3. The Labute approximate surface area is 191 Å². The lowest BCUT2D eigenvalue weighted by molar-refractivity contribution is -0.150. The molecule has 2 N–H and O–H groups in total. The van der Waals surface area contributed by atoms with Crippen LogP contribution < -0.4 is 5.32 Å². The normalized spacial score (nSPS) is 21.5. The molecule has 2 amide bonds. The summed E-state index contributed by atoms with van der Waals surface area (Å²) < 4.78 is 18.1. The van der Waals surface area contributed by atoms with Gasteiger partial charge in [0.25, 0.3) is 11.1 Å². The molecule has 0 aliphatic carbocycles. The molecule has 0 spiro atoms. The quantitative estimate of drug-likeness (QED) is 0.399. The van der Waals surface area contributed by atoms with Crippen molar-refractivity contribution in [2.45, 2.75) is 27.8 Å². The van der Waals surface area contributed by atoms with E-state index in [2.05, 4.69) is 15.5 Å². The Morgan fingerprint density at radius 3 is 2.90 bits per heavy atom. The van der Waals surface area contributed by atoms with Crippen molar-refractivity contribution in [2.24, 2.45) is 0 Å². The molecular formula is C17H16N4O6S4. The molecule has 4 rings (SSSR count). The fourth-order valence-corrected chi connectivity index (χ4v) is 7.28. The van der Waals surface area contributed by atoms with Crippen LogP contribution in [0.15, 0.2) is 42.6 Å². The lowest BCUT2D eigenvalue weighted by Crippen LogP contribution is -2.70. The molecule has 10 nitrogen and oxygen atoms in total. The maximum atomic E-state index is 12.7. The number of β-lactam (4-membered cyclic amide) rings is 1. The van der Waals surface area contributed by atoms with E-state index in [-0.39, 0.29) is 17.2 Å². The lowest BCUT2D eigenvalue weighted by atomic mass is 10.0. The van der Waals surface area contributed by atoms with Gasteiger partial charge in [-0.15, -0.1) is 33.3 Å². The predicted octanol–water partition coefficient (Wildman–Crippen LogP) is 1.08. The summed E-state index contributed by atoms with van der Waals surface area (Å²) >= 11 is 3.86. The standard InChI is InChI=1S/C17H16N4O6S4/c1-8-19-20-17(27-8)30-6-9-5-29-15-12(14(23)21(15)13(9)16(24)25)18-10(22)7-31(26)11-3-2-4-28-11/h2-4,12,15H,5-7H2,1H3,(H,18,22)(H,24,25)/t12?,15-,31?/m1/s1. The monoisotopic (exact) mass is 500 g/mol. The number of carbonyl (C=O) groups is 3. The molecule has 164 valence electrons. The number of thiophene rings is 1. The summed E-state index contributed by atoms with van der Waals surface area (Å²) in [6, 6.07) is 2.58. The van der Waals surface area contributed by atoms with E-state index in [1.54, 1.807) is 24.4 Å². The number of carboxylic acids is 1. The van der Waals surface area contributed by atoms with Gasteiger partial charge < -0.3 is 14.8 Å². The van der Waals surface area contributed by atoms with Crippen LogP contribution in [0.2, 0.25) is 0 Å². The zero-order valence-corrected chi connectivity index (χ0v) is 19.2. The SMILES string of the molecule is Cc1nnc(SCC2=C(C(=O)O)N3C(=O)C(NC(=O)CS(=O)c4cccs4)[C@H]3SC2)o1. The summed E-state index contributed by atoms with van der Waals surface area (Å²) in [4.78, 5) is 38.0. The summed E-state index contributed by atoms with van der Waals surface area (Å²) in [6.45, 7) is 1.66. The maximum absolute atomic E-state index is 12.7. The van der Waals surface area contributed by atoms with Gasteiger partial charge in [-0.1, -0.05) is 17.8 Å². The van der Waals surface area contributed by atoms with E-state index < -0.39 is 40.0 Å². The van der Waals surface area contributed by atoms with Crippen molar-refractivity contribution in [1.82, 2.24) is 20.4 Å². The Morgan fingerprint density at radius 1 is 1.45 bits per heavy atom. The van der Waals surface area contributed by atoms with Gasteiger partial charge in [0, 0.05) is 18.4 Å². The third-order valence-corrected chi connectivity index (χ3v) is 9.29. The van der Waals surface area contributed by atoms with Crippen molar-refractivity contribution in [2.75, 3.05) is 17.3 Å². The number of fused-ring (bicyclic) bond motifs is 1. The van der Waals surface area contributed by atoms with Gasteiger partial charge in [0.1, 0.15) is 22.9 Å². The fourth-order valence-electron chi connectivity index (χ4n) is 3.08. The highest BCUT2D eigenvalue weighted by Gasteiger charge is 2.54. The fraction of sp³-hybridized carbons (Fsp3) is 0.353. The minimum atomic E-state index is -1.49. The second-order valence-electron chi connectivity index (χ2n) is 6.51. The van der Waals surface area contributed by atoms with Crippen molar-refractivity contribution in [3.8, 4) is 0 Å². The molecule has 31 heavy (non-hydrogen) atoms. The first-order chi connectivity index (χ1) is 14.8. The first kappa shape index (κ1) is 22.0. The van der Waals surface area contributed by atoms with E-state index in [0.29, 0.717) is 26.6 Å². The Hall–Kier alpha value is -2.16. The maximum Gasteiger partial charge on any atom is 0.352 e. The molecule has 14 heteroatoms. The highest BCUT2D eigenvalue weighted by atomic mass is 32.2. The number of aromatic nitrogens is 2. The van der Waals surface area contributed by atoms with Gasteiger partial charge in [-0.05, 0) is 17.0 Å². The van der Waals surface area contributed by atoms with Crippen LogP contribution in [0.5, 0.6) is 0 Å². The number of amides is 2. The largest absolute Gasteiger partial charge is 0.477 e. The second-order valence-corrected chi connectivity index (χ2v) is 11.2. The van der Waals surface area contributed by atoms with Gasteiger partial charge in [0.2, 0.25) is 11.8 Å². The molecule has 0 bridgehead atoms. The Morgan fingerprint density at radius 2 is 2.26 bits per heavy atom. The van der Waals surface area contributed by atoms with Crippen LogP contribution in [-0.4, -0.2) is 70.9 Å². The minimum Gasteiger partial charge on any atom is -0.477 e. The van der Waals surface area contributed by atoms with Gasteiger partial charge in [-0.3, -0.25) is 18.7 Å². The van der Waals surface area contributed by atoms with Crippen molar-refractivity contribution < 1.29 is 28.1 Å². The molecule has 2 aliphatic heterocycles. The number of thioether (sulfide) groups is 2. The molecule has 2 unspecified atom stereocenters. The van der Waals surface area contributed by atoms with E-state index in [4.69, 9.17) is 4.42 Å². The van der Waals surface area contributed by atoms with Crippen molar-refractivity contribution in [3.05, 3.63) is 34.7 Å². The van der Waals surface area contributed by atoms with Gasteiger partial charge in [-0.25, -0.2) is 4.79 Å². The van der Waals surface area contributed by atoms with E-state index in [1.165, 1.54) is 39.8 Å². The van der Waals surface area contributed by atoms with E-state index >= 15 is 0 Å². The number of hydrogen-bond acceptors (Lipinski definition) is 10. The number of carboxylic acid groups (broad SMARTS) is 1. The van der Waals surface area contributed by atoms with Crippen molar-refractivity contribution in [1.29, 1.82) is 0 Å². The highest BCUT2D eigenvalue weighted by molar-refractivity contribution is 8.01. The van der Waals surface area contributed by atoms with Gasteiger partial charge >= 0.3 is 5.97 Å². The number of carbonyl (C=O) groups excluding carboxylic acids is 2. The Bertz CT molecular complexity index is 1080. The van der Waals surface area contributed by atoms with Crippen LogP contribution in [0.1, 0.15) is 5.89 Å². The number of hydrogen-bond donors (Lipinski definition) is 2. The van der Waals surface area contributed by atoms with Crippen molar-refractivity contribution in [3.63, 3.8) is 0 Å². The highest BCUT2D eigenvalue weighted by Crippen LogP contribution is 2.41. The third-order valence-electron chi connectivity index (χ3n) is 4.43. The first-order valence-electron chi connectivity index (χ1n) is 8.89. The average molecular weight is 501 g/mol. The molecule has 2 aliphatic rings. The molecular weight excluding hydrogens is 484 g/mol. The molecule has 3 atom stereocenters. The Balaban J connectivity index is 1.41. The third kappa shape index (κ3) is 4.56. The van der Waals surface area contributed by atoms with E-state index in [0.717, 1.165) is 0 Å². The number of aryl methyl sites for hydroxylation is 1. The molecule has 2 aromatic heterocycles. The van der Waals surface area contributed by atoms with E-state index in [1.807, 2.05) is 0 Å².